The van der Waals surface area contributed by atoms with E-state index in [4.69, 9.17) is 16.3 Å². The zero-order chi connectivity index (χ0) is 15.9. The van der Waals surface area contributed by atoms with Crippen LogP contribution < -0.4 is 4.72 Å². The third-order valence-corrected chi connectivity index (χ3v) is 4.13. The van der Waals surface area contributed by atoms with E-state index in [9.17, 15) is 13.2 Å². The normalized spacial score (nSPS) is 13.1. The second kappa shape index (κ2) is 8.36. The Morgan fingerprint density at radius 1 is 1.29 bits per heavy atom. The van der Waals surface area contributed by atoms with E-state index in [-0.39, 0.29) is 24.2 Å². The minimum absolute atomic E-state index is 0.158. The summed E-state index contributed by atoms with van der Waals surface area (Å²) in [5, 5.41) is 0. The fourth-order valence-corrected chi connectivity index (χ4v) is 3.28. The maximum atomic E-state index is 12.1. The van der Waals surface area contributed by atoms with Crippen LogP contribution in [0, 0.1) is 0 Å². The average Bonchev–Trinajstić information content (AvgIpc) is 2.37. The van der Waals surface area contributed by atoms with Gasteiger partial charge in [0.1, 0.15) is 6.04 Å². The summed E-state index contributed by atoms with van der Waals surface area (Å²) >= 11 is 5.62. The fraction of sp³-hybridized carbons (Fsp3) is 0.500. The van der Waals surface area contributed by atoms with Gasteiger partial charge >= 0.3 is 5.97 Å². The van der Waals surface area contributed by atoms with Gasteiger partial charge in [-0.25, -0.2) is 13.1 Å². The van der Waals surface area contributed by atoms with E-state index in [2.05, 4.69) is 4.72 Å². The summed E-state index contributed by atoms with van der Waals surface area (Å²) in [7, 11) is -3.65. The summed E-state index contributed by atoms with van der Waals surface area (Å²) in [4.78, 5) is 11.9. The van der Waals surface area contributed by atoms with Crippen molar-refractivity contribution in [1.82, 2.24) is 4.72 Å². The Bertz CT molecular complexity index is 545. The Morgan fingerprint density at radius 3 is 2.43 bits per heavy atom. The molecule has 0 heterocycles. The number of hydrogen-bond acceptors (Lipinski definition) is 4. The standard InChI is InChI=1S/C14H20ClNO4S/c1-11(2)20-14(17)13(8-9-15)16-21(18,19)10-12-6-4-3-5-7-12/h3-7,11,13,16H,8-10H2,1-2H3/t13-/m0/s1. The van der Waals surface area contributed by atoms with E-state index < -0.39 is 22.0 Å². The Hall–Kier alpha value is -1.11. The number of nitrogens with one attached hydrogen (secondary N) is 1. The van der Waals surface area contributed by atoms with Crippen molar-refractivity contribution in [2.45, 2.75) is 38.2 Å². The first-order valence-electron chi connectivity index (χ1n) is 6.64. The zero-order valence-electron chi connectivity index (χ0n) is 12.1. The molecule has 0 spiro atoms. The van der Waals surface area contributed by atoms with Gasteiger partial charge in [-0.05, 0) is 25.8 Å². The summed E-state index contributed by atoms with van der Waals surface area (Å²) in [6, 6.07) is 7.78. The van der Waals surface area contributed by atoms with Gasteiger partial charge in [0.2, 0.25) is 10.0 Å². The van der Waals surface area contributed by atoms with Gasteiger partial charge in [-0.2, -0.15) is 0 Å². The molecule has 0 aliphatic heterocycles. The molecule has 0 fully saturated rings. The predicted octanol–water partition coefficient (Wildman–Crippen LogP) is 2.06. The quantitative estimate of drug-likeness (QED) is 0.584. The first-order chi connectivity index (χ1) is 9.84. The highest BCUT2D eigenvalue weighted by atomic mass is 35.5. The third kappa shape index (κ3) is 6.93. The van der Waals surface area contributed by atoms with Crippen molar-refractivity contribution in [2.24, 2.45) is 0 Å². The number of alkyl halides is 1. The molecule has 0 radical (unpaired) electrons. The van der Waals surface area contributed by atoms with Gasteiger partial charge in [-0.15, -0.1) is 11.6 Å². The van der Waals surface area contributed by atoms with E-state index in [0.717, 1.165) is 0 Å². The smallest absolute Gasteiger partial charge is 0.324 e. The van der Waals surface area contributed by atoms with Crippen molar-refractivity contribution >= 4 is 27.6 Å². The average molecular weight is 334 g/mol. The lowest BCUT2D eigenvalue weighted by atomic mass is 10.2. The van der Waals surface area contributed by atoms with Gasteiger partial charge in [-0.3, -0.25) is 4.79 Å². The van der Waals surface area contributed by atoms with Crippen molar-refractivity contribution in [3.05, 3.63) is 35.9 Å². The number of ether oxygens (including phenoxy) is 1. The Morgan fingerprint density at radius 2 is 1.90 bits per heavy atom. The summed E-state index contributed by atoms with van der Waals surface area (Å²) in [6.45, 7) is 3.41. The lowest BCUT2D eigenvalue weighted by Crippen LogP contribution is -2.43. The van der Waals surface area contributed by atoms with Crippen LogP contribution in [0.5, 0.6) is 0 Å². The molecule has 7 heteroatoms. The van der Waals surface area contributed by atoms with Gasteiger partial charge in [0, 0.05) is 5.88 Å². The lowest BCUT2D eigenvalue weighted by Gasteiger charge is -2.18. The molecule has 118 valence electrons. The maximum Gasteiger partial charge on any atom is 0.324 e. The molecule has 0 aliphatic carbocycles. The molecule has 0 saturated heterocycles. The Labute approximate surface area is 130 Å². The maximum absolute atomic E-state index is 12.1. The number of carbonyl (C=O) groups excluding carboxylic acids is 1. The summed E-state index contributed by atoms with van der Waals surface area (Å²) in [5.41, 5.74) is 0.645. The van der Waals surface area contributed by atoms with E-state index >= 15 is 0 Å². The third-order valence-electron chi connectivity index (χ3n) is 2.56. The van der Waals surface area contributed by atoms with Crippen LogP contribution in [0.3, 0.4) is 0 Å². The minimum Gasteiger partial charge on any atom is -0.462 e. The molecule has 0 aliphatic rings. The summed E-state index contributed by atoms with van der Waals surface area (Å²) in [5.74, 6) is -0.643. The molecule has 1 aromatic carbocycles. The van der Waals surface area contributed by atoms with Crippen molar-refractivity contribution in [2.75, 3.05) is 5.88 Å². The second-order valence-corrected chi connectivity index (χ2v) is 7.01. The molecule has 5 nitrogen and oxygen atoms in total. The molecule has 1 N–H and O–H groups in total. The zero-order valence-corrected chi connectivity index (χ0v) is 13.7. The number of halogens is 1. The highest BCUT2D eigenvalue weighted by molar-refractivity contribution is 7.88. The molecule has 0 saturated carbocycles. The van der Waals surface area contributed by atoms with Crippen molar-refractivity contribution in [1.29, 1.82) is 0 Å². The predicted molar refractivity (Wildman–Crippen MR) is 82.6 cm³/mol. The van der Waals surface area contributed by atoms with Crippen LogP contribution >= 0.6 is 11.6 Å². The van der Waals surface area contributed by atoms with Gasteiger partial charge in [-0.1, -0.05) is 30.3 Å². The monoisotopic (exact) mass is 333 g/mol. The molecule has 21 heavy (non-hydrogen) atoms. The molecule has 1 aromatic rings. The lowest BCUT2D eigenvalue weighted by molar-refractivity contribution is -0.149. The van der Waals surface area contributed by atoms with Crippen LogP contribution in [-0.2, 0) is 25.3 Å². The van der Waals surface area contributed by atoms with E-state index in [1.165, 1.54) is 0 Å². The molecular formula is C14H20ClNO4S. The summed E-state index contributed by atoms with van der Waals surface area (Å²) < 4.78 is 31.6. The highest BCUT2D eigenvalue weighted by Crippen LogP contribution is 2.08. The second-order valence-electron chi connectivity index (χ2n) is 4.88. The molecule has 0 amide bonds. The fourth-order valence-electron chi connectivity index (χ4n) is 1.70. The van der Waals surface area contributed by atoms with Gasteiger partial charge in [0.25, 0.3) is 0 Å². The van der Waals surface area contributed by atoms with E-state index in [0.29, 0.717) is 5.56 Å². The summed E-state index contributed by atoms with van der Waals surface area (Å²) in [6.07, 6.45) is -0.129. The van der Waals surface area contributed by atoms with Crippen LogP contribution in [0.4, 0.5) is 0 Å². The topological polar surface area (TPSA) is 72.5 Å². The van der Waals surface area contributed by atoms with Crippen LogP contribution in [0.15, 0.2) is 30.3 Å². The Kier molecular flexibility index (Phi) is 7.14. The van der Waals surface area contributed by atoms with E-state index in [1.807, 2.05) is 0 Å². The Balaban J connectivity index is 2.75. The van der Waals surface area contributed by atoms with Crippen LogP contribution in [-0.4, -0.2) is 32.4 Å². The number of esters is 1. The van der Waals surface area contributed by atoms with Crippen LogP contribution in [0.1, 0.15) is 25.8 Å². The molecule has 0 bridgehead atoms. The number of carbonyl (C=O) groups is 1. The van der Waals surface area contributed by atoms with E-state index in [1.54, 1.807) is 44.2 Å². The van der Waals surface area contributed by atoms with Gasteiger partial charge in [0.15, 0.2) is 0 Å². The van der Waals surface area contributed by atoms with Crippen LogP contribution in [0.25, 0.3) is 0 Å². The number of rotatable bonds is 8. The molecule has 1 atom stereocenters. The van der Waals surface area contributed by atoms with Crippen molar-refractivity contribution in [3.63, 3.8) is 0 Å². The number of benzene rings is 1. The van der Waals surface area contributed by atoms with Crippen molar-refractivity contribution in [3.8, 4) is 0 Å². The first kappa shape index (κ1) is 17.9. The van der Waals surface area contributed by atoms with Crippen molar-refractivity contribution < 1.29 is 17.9 Å². The highest BCUT2D eigenvalue weighted by Gasteiger charge is 2.26. The largest absolute Gasteiger partial charge is 0.462 e. The number of hydrogen-bond donors (Lipinski definition) is 1. The van der Waals surface area contributed by atoms with Gasteiger partial charge < -0.3 is 4.74 Å². The van der Waals surface area contributed by atoms with Crippen LogP contribution in [0.2, 0.25) is 0 Å². The molecule has 0 unspecified atom stereocenters. The molecule has 0 aromatic heterocycles. The van der Waals surface area contributed by atoms with Gasteiger partial charge in [0.05, 0.1) is 11.9 Å². The SMILES string of the molecule is CC(C)OC(=O)[C@H](CCCl)NS(=O)(=O)Cc1ccccc1. The minimum atomic E-state index is -3.65. The first-order valence-corrected chi connectivity index (χ1v) is 8.83. The molecular weight excluding hydrogens is 314 g/mol. The molecule has 1 rings (SSSR count). The number of sulfonamides is 1.